The maximum Gasteiger partial charge on any atom is 0.145 e. The third-order valence-corrected chi connectivity index (χ3v) is 5.02. The van der Waals surface area contributed by atoms with Gasteiger partial charge in [0, 0.05) is 22.4 Å². The first kappa shape index (κ1) is 19.9. The van der Waals surface area contributed by atoms with E-state index >= 15 is 0 Å². The third-order valence-electron chi connectivity index (χ3n) is 5.02. The predicted octanol–water partition coefficient (Wildman–Crippen LogP) is 7.45. The number of hydrogen-bond donors (Lipinski definition) is 0. The van der Waals surface area contributed by atoms with Crippen LogP contribution in [0.2, 0.25) is 0 Å². The molecule has 2 nitrogen and oxygen atoms in total. The van der Waals surface area contributed by atoms with E-state index in [-0.39, 0.29) is 17.0 Å². The van der Waals surface area contributed by atoms with Crippen molar-refractivity contribution < 1.29 is 0 Å². The van der Waals surface area contributed by atoms with Gasteiger partial charge in [0.15, 0.2) is 0 Å². The third kappa shape index (κ3) is 3.72. The van der Waals surface area contributed by atoms with Gasteiger partial charge in [-0.2, -0.15) is 0 Å². The lowest BCUT2D eigenvalue weighted by Gasteiger charge is -2.13. The average molecular weight is 453 g/mol. The minimum Gasteiger partial charge on any atom is -0.292 e. The van der Waals surface area contributed by atoms with Crippen LogP contribution in [0.15, 0.2) is 121 Å². The van der Waals surface area contributed by atoms with Gasteiger partial charge in [0.25, 0.3) is 0 Å². The van der Waals surface area contributed by atoms with Crippen LogP contribution < -0.4 is 0 Å². The lowest BCUT2D eigenvalue weighted by atomic mass is 10.0. The Labute approximate surface area is 187 Å². The highest BCUT2D eigenvalue weighted by Gasteiger charge is 2.21. The summed E-state index contributed by atoms with van der Waals surface area (Å²) in [6.07, 6.45) is 0. The van der Waals surface area contributed by atoms with Gasteiger partial charge in [0.05, 0.1) is 11.4 Å². The van der Waals surface area contributed by atoms with Gasteiger partial charge in [-0.15, -0.1) is 17.0 Å². The summed E-state index contributed by atoms with van der Waals surface area (Å²) in [5, 5.41) is 0. The number of halogens is 1. The molecular formula is C27H21BrN2. The fourth-order valence-corrected chi connectivity index (χ4v) is 3.69. The van der Waals surface area contributed by atoms with Crippen molar-refractivity contribution in [2.75, 3.05) is 0 Å². The second-order valence-corrected chi connectivity index (χ2v) is 6.90. The van der Waals surface area contributed by atoms with E-state index in [1.54, 1.807) is 0 Å². The summed E-state index contributed by atoms with van der Waals surface area (Å²) >= 11 is 0. The highest BCUT2D eigenvalue weighted by atomic mass is 79.9. The van der Waals surface area contributed by atoms with Crippen LogP contribution in [-0.2, 0) is 0 Å². The lowest BCUT2D eigenvalue weighted by Crippen LogP contribution is -2.00. The fourth-order valence-electron chi connectivity index (χ4n) is 3.69. The summed E-state index contributed by atoms with van der Waals surface area (Å²) in [7, 11) is 0. The van der Waals surface area contributed by atoms with Crippen LogP contribution in [0.3, 0.4) is 0 Å². The molecule has 0 unspecified atom stereocenters. The zero-order valence-electron chi connectivity index (χ0n) is 16.3. The molecule has 0 fully saturated rings. The van der Waals surface area contributed by atoms with Crippen molar-refractivity contribution in [2.24, 2.45) is 0 Å². The molecule has 30 heavy (non-hydrogen) atoms. The van der Waals surface area contributed by atoms with E-state index in [9.17, 15) is 0 Å². The van der Waals surface area contributed by atoms with Crippen molar-refractivity contribution in [1.29, 1.82) is 0 Å². The molecule has 0 saturated carbocycles. The van der Waals surface area contributed by atoms with E-state index in [0.29, 0.717) is 0 Å². The molecule has 1 heterocycles. The Kier molecular flexibility index (Phi) is 5.92. The smallest absolute Gasteiger partial charge is 0.145 e. The van der Waals surface area contributed by atoms with Crippen molar-refractivity contribution in [3.8, 4) is 39.6 Å². The minimum atomic E-state index is 0. The van der Waals surface area contributed by atoms with Crippen LogP contribution in [0.5, 0.6) is 0 Å². The van der Waals surface area contributed by atoms with Gasteiger partial charge in [-0.1, -0.05) is 109 Å². The van der Waals surface area contributed by atoms with Crippen molar-refractivity contribution in [2.45, 2.75) is 0 Å². The Balaban J connectivity index is 0.00000218. The first-order valence-electron chi connectivity index (χ1n) is 9.76. The number of imidazole rings is 1. The Morgan fingerprint density at radius 3 is 1.43 bits per heavy atom. The van der Waals surface area contributed by atoms with Crippen molar-refractivity contribution in [3.05, 3.63) is 121 Å². The molecule has 0 saturated heterocycles. The van der Waals surface area contributed by atoms with Crippen LogP contribution in [0.4, 0.5) is 0 Å². The Bertz CT molecular complexity index is 1120. The van der Waals surface area contributed by atoms with Gasteiger partial charge in [0.1, 0.15) is 5.82 Å². The summed E-state index contributed by atoms with van der Waals surface area (Å²) in [6, 6.07) is 41.8. The summed E-state index contributed by atoms with van der Waals surface area (Å²) in [5.41, 5.74) is 6.53. The highest BCUT2D eigenvalue weighted by Crippen LogP contribution is 2.38. The molecule has 0 aliphatic carbocycles. The molecule has 0 radical (unpaired) electrons. The molecule has 5 aromatic rings. The normalized spacial score (nSPS) is 10.4. The topological polar surface area (TPSA) is 17.8 Å². The molecule has 0 aliphatic rings. The fraction of sp³-hybridized carbons (Fsp3) is 0. The average Bonchev–Trinajstić information content (AvgIpc) is 3.22. The van der Waals surface area contributed by atoms with E-state index in [0.717, 1.165) is 39.6 Å². The standard InChI is InChI=1S/C27H20N2.BrH/c1-5-13-21(14-6-1)25-26(22-15-7-2-8-16-22)29(24-19-11-4-12-20-24)27(28-25)23-17-9-3-10-18-23;/h1-20H;1H. The van der Waals surface area contributed by atoms with E-state index < -0.39 is 0 Å². The Hall–Kier alpha value is -3.43. The Morgan fingerprint density at radius 2 is 0.900 bits per heavy atom. The number of hydrogen-bond acceptors (Lipinski definition) is 1. The zero-order valence-corrected chi connectivity index (χ0v) is 18.1. The van der Waals surface area contributed by atoms with Crippen molar-refractivity contribution in [3.63, 3.8) is 0 Å². The van der Waals surface area contributed by atoms with E-state index in [2.05, 4.69) is 102 Å². The largest absolute Gasteiger partial charge is 0.292 e. The first-order valence-corrected chi connectivity index (χ1v) is 9.76. The lowest BCUT2D eigenvalue weighted by molar-refractivity contribution is 1.07. The molecule has 5 rings (SSSR count). The van der Waals surface area contributed by atoms with Gasteiger partial charge >= 0.3 is 0 Å². The number of rotatable bonds is 4. The van der Waals surface area contributed by atoms with Crippen LogP contribution in [-0.4, -0.2) is 9.55 Å². The molecule has 146 valence electrons. The molecule has 0 aliphatic heterocycles. The van der Waals surface area contributed by atoms with Crippen molar-refractivity contribution in [1.82, 2.24) is 9.55 Å². The van der Waals surface area contributed by atoms with Gasteiger partial charge in [-0.3, -0.25) is 4.57 Å². The molecule has 0 bridgehead atoms. The molecule has 4 aromatic carbocycles. The molecular weight excluding hydrogens is 432 g/mol. The van der Waals surface area contributed by atoms with Crippen molar-refractivity contribution >= 4 is 17.0 Å². The van der Waals surface area contributed by atoms with Crippen LogP contribution in [0.1, 0.15) is 0 Å². The number of nitrogens with zero attached hydrogens (tertiary/aromatic N) is 2. The number of benzene rings is 4. The first-order chi connectivity index (χ1) is 14.4. The van der Waals surface area contributed by atoms with Gasteiger partial charge in [0.2, 0.25) is 0 Å². The molecule has 1 aromatic heterocycles. The summed E-state index contributed by atoms with van der Waals surface area (Å²) in [4.78, 5) is 5.17. The second kappa shape index (κ2) is 8.93. The van der Waals surface area contributed by atoms with E-state index in [1.807, 2.05) is 24.3 Å². The summed E-state index contributed by atoms with van der Waals surface area (Å²) < 4.78 is 2.27. The van der Waals surface area contributed by atoms with E-state index in [4.69, 9.17) is 4.98 Å². The Morgan fingerprint density at radius 1 is 0.467 bits per heavy atom. The maximum atomic E-state index is 5.17. The minimum absolute atomic E-state index is 0. The van der Waals surface area contributed by atoms with Gasteiger partial charge in [-0.25, -0.2) is 4.98 Å². The maximum absolute atomic E-state index is 5.17. The monoisotopic (exact) mass is 452 g/mol. The number of aromatic nitrogens is 2. The SMILES string of the molecule is Br.c1ccc(-c2nc(-c3ccccc3)n(-c3ccccc3)c2-c2ccccc2)cc1. The number of para-hydroxylation sites is 1. The molecule has 0 N–H and O–H groups in total. The summed E-state index contributed by atoms with van der Waals surface area (Å²) in [5.74, 6) is 0.939. The van der Waals surface area contributed by atoms with Crippen LogP contribution in [0.25, 0.3) is 39.6 Å². The second-order valence-electron chi connectivity index (χ2n) is 6.90. The molecule has 0 spiro atoms. The predicted molar refractivity (Wildman–Crippen MR) is 130 cm³/mol. The molecule has 0 atom stereocenters. The van der Waals surface area contributed by atoms with Crippen LogP contribution >= 0.6 is 17.0 Å². The molecule has 0 amide bonds. The van der Waals surface area contributed by atoms with Gasteiger partial charge < -0.3 is 0 Å². The van der Waals surface area contributed by atoms with Crippen LogP contribution in [0, 0.1) is 0 Å². The zero-order chi connectivity index (χ0) is 19.5. The van der Waals surface area contributed by atoms with Gasteiger partial charge in [-0.05, 0) is 12.1 Å². The molecule has 3 heteroatoms. The highest BCUT2D eigenvalue weighted by molar-refractivity contribution is 8.93. The quantitative estimate of drug-likeness (QED) is 0.276. The summed E-state index contributed by atoms with van der Waals surface area (Å²) in [6.45, 7) is 0. The van der Waals surface area contributed by atoms with E-state index in [1.165, 1.54) is 0 Å².